The maximum absolute atomic E-state index is 13.0. The van der Waals surface area contributed by atoms with Crippen LogP contribution >= 0.6 is 12.6 Å². The number of Topliss-reactive ketones (excluding diaryl/α,β-unsaturated/α-hetero) is 1. The largest absolute Gasteiger partial charge is 0.481 e. The van der Waals surface area contributed by atoms with Gasteiger partial charge >= 0.3 is 11.9 Å². The summed E-state index contributed by atoms with van der Waals surface area (Å²) in [7, 11) is 0. The van der Waals surface area contributed by atoms with Crippen LogP contribution in [0.1, 0.15) is 87.5 Å². The molecule has 0 fully saturated rings. The molecule has 0 saturated heterocycles. The Morgan fingerprint density at radius 3 is 2.05 bits per heavy atom. The van der Waals surface area contributed by atoms with Crippen molar-refractivity contribution in [3.05, 3.63) is 47.6 Å². The first-order chi connectivity index (χ1) is 19.0. The summed E-state index contributed by atoms with van der Waals surface area (Å²) in [5.74, 6) is -2.73. The lowest BCUT2D eigenvalue weighted by Crippen LogP contribution is -2.34. The lowest BCUT2D eigenvalue weighted by molar-refractivity contribution is -0.137. The van der Waals surface area contributed by atoms with Crippen molar-refractivity contribution in [1.82, 2.24) is 0 Å². The number of carbonyl (C=O) groups excluding carboxylic acids is 1. The monoisotopic (exact) mass is 594 g/mol. The Morgan fingerprint density at radius 2 is 1.51 bits per heavy atom. The van der Waals surface area contributed by atoms with Crippen LogP contribution in [0.2, 0.25) is 0 Å². The van der Waals surface area contributed by atoms with E-state index in [-0.39, 0.29) is 41.8 Å². The maximum atomic E-state index is 13.0. The van der Waals surface area contributed by atoms with E-state index in [9.17, 15) is 24.6 Å². The number of rotatable bonds is 20. The predicted octanol–water partition coefficient (Wildman–Crippen LogP) is 6.52. The van der Waals surface area contributed by atoms with Crippen LogP contribution in [-0.4, -0.2) is 55.6 Å². The van der Waals surface area contributed by atoms with Gasteiger partial charge in [-0.15, -0.1) is 0 Å². The van der Waals surface area contributed by atoms with E-state index in [0.29, 0.717) is 18.4 Å². The van der Waals surface area contributed by atoms with E-state index in [1.54, 1.807) is 26.8 Å². The molecule has 0 rings (SSSR count). The molecule has 0 aliphatic heterocycles. The number of aliphatic carboxylic acids is 2. The normalized spacial score (nSPS) is 19.8. The number of hydrogen-bond acceptors (Lipinski definition) is 6. The molecule has 0 aliphatic carbocycles. The third-order valence-electron chi connectivity index (χ3n) is 7.69. The summed E-state index contributed by atoms with van der Waals surface area (Å²) in [5.41, 5.74) is 1.75. The summed E-state index contributed by atoms with van der Waals surface area (Å²) in [6, 6.07) is 0. The first kappa shape index (κ1) is 38.8. The molecule has 7 nitrogen and oxygen atoms in total. The SMILES string of the molecule is CCC(=C/[C@H](C)C/C=C/C(C)C[C@@H](C)C(=O)[C@@H](C)[C@H](O)[C@@H](C)C/C(C)=C/C(=O)O)/C=C/[C@H](O)[C@@H](C)[C@H](S)CC(=O)O. The summed E-state index contributed by atoms with van der Waals surface area (Å²) in [5, 5.41) is 38.5. The highest BCUT2D eigenvalue weighted by atomic mass is 32.1. The van der Waals surface area contributed by atoms with Crippen LogP contribution in [0.4, 0.5) is 0 Å². The van der Waals surface area contributed by atoms with E-state index in [4.69, 9.17) is 10.2 Å². The molecule has 0 radical (unpaired) electrons. The summed E-state index contributed by atoms with van der Waals surface area (Å²) in [4.78, 5) is 34.8. The molecule has 9 atom stereocenters. The van der Waals surface area contributed by atoms with Crippen LogP contribution in [-0.2, 0) is 14.4 Å². The Hall–Kier alpha value is -2.16. The van der Waals surface area contributed by atoms with Crippen molar-refractivity contribution < 1.29 is 34.8 Å². The first-order valence-electron chi connectivity index (χ1n) is 14.7. The third kappa shape index (κ3) is 16.2. The van der Waals surface area contributed by atoms with Gasteiger partial charge in [-0.2, -0.15) is 12.6 Å². The molecule has 0 aromatic rings. The highest BCUT2D eigenvalue weighted by molar-refractivity contribution is 7.81. The number of allylic oxidation sites excluding steroid dienone is 6. The minimum absolute atomic E-state index is 0.0175. The van der Waals surface area contributed by atoms with E-state index >= 15 is 0 Å². The number of carboxylic acid groups (broad SMARTS) is 2. The van der Waals surface area contributed by atoms with Crippen molar-refractivity contribution in [2.75, 3.05) is 0 Å². The molecule has 4 N–H and O–H groups in total. The van der Waals surface area contributed by atoms with E-state index in [2.05, 4.69) is 44.7 Å². The smallest absolute Gasteiger partial charge is 0.328 e. The summed E-state index contributed by atoms with van der Waals surface area (Å²) < 4.78 is 0. The lowest BCUT2D eigenvalue weighted by atomic mass is 9.81. The van der Waals surface area contributed by atoms with Gasteiger partial charge in [-0.25, -0.2) is 4.79 Å². The van der Waals surface area contributed by atoms with Crippen molar-refractivity contribution >= 4 is 30.4 Å². The first-order valence-corrected chi connectivity index (χ1v) is 15.3. The summed E-state index contributed by atoms with van der Waals surface area (Å²) >= 11 is 4.31. The van der Waals surface area contributed by atoms with Gasteiger partial charge in [0.15, 0.2) is 0 Å². The standard InChI is InChI=1S/C33H54O7S/c1-9-27(13-14-28(34)25(7)29(41)19-31(37)38)17-21(3)12-10-11-20(2)15-23(5)32(39)26(8)33(40)24(6)16-22(4)18-30(35)36/h10-11,13-14,17-18,20-21,23-26,28-29,33-34,40-41H,9,12,15-16,19H2,1-8H3,(H,35,36)(H,37,38)/b11-10+,14-13+,22-18+,27-17-/t20?,21-,23-,24+,25-,26-,28+,29-,33-/m1/s1. The van der Waals surface area contributed by atoms with Crippen LogP contribution in [0.3, 0.4) is 0 Å². The van der Waals surface area contributed by atoms with Crippen LogP contribution in [0, 0.1) is 35.5 Å². The quantitative estimate of drug-likeness (QED) is 0.0469. The summed E-state index contributed by atoms with van der Waals surface area (Å²) in [6.45, 7) is 15.2. The highest BCUT2D eigenvalue weighted by Crippen LogP contribution is 2.26. The van der Waals surface area contributed by atoms with E-state index in [1.807, 2.05) is 26.8 Å². The zero-order valence-electron chi connectivity index (χ0n) is 26.2. The molecule has 41 heavy (non-hydrogen) atoms. The highest BCUT2D eigenvalue weighted by Gasteiger charge is 2.30. The molecular formula is C33H54O7S. The molecule has 0 aromatic heterocycles. The van der Waals surface area contributed by atoms with Crippen LogP contribution < -0.4 is 0 Å². The zero-order valence-corrected chi connectivity index (χ0v) is 27.1. The number of ketones is 1. The van der Waals surface area contributed by atoms with E-state index < -0.39 is 35.3 Å². The molecular weight excluding hydrogens is 540 g/mol. The van der Waals surface area contributed by atoms with Gasteiger partial charge in [0.05, 0.1) is 18.6 Å². The Kier molecular flexibility index (Phi) is 18.8. The molecule has 0 heterocycles. The molecule has 1 unspecified atom stereocenters. The fourth-order valence-electron chi connectivity index (χ4n) is 5.00. The molecule has 0 bridgehead atoms. The molecule has 8 heteroatoms. The molecule has 0 aliphatic rings. The lowest BCUT2D eigenvalue weighted by Gasteiger charge is -2.27. The number of aliphatic hydroxyl groups excluding tert-OH is 2. The van der Waals surface area contributed by atoms with Crippen molar-refractivity contribution in [1.29, 1.82) is 0 Å². The number of hydrogen-bond donors (Lipinski definition) is 5. The van der Waals surface area contributed by atoms with Gasteiger partial charge in [-0.3, -0.25) is 9.59 Å². The average molecular weight is 595 g/mol. The fourth-order valence-corrected chi connectivity index (χ4v) is 5.33. The number of carbonyl (C=O) groups is 3. The van der Waals surface area contributed by atoms with E-state index in [0.717, 1.165) is 24.5 Å². The Balaban J connectivity index is 4.93. The van der Waals surface area contributed by atoms with Gasteiger partial charge in [-0.05, 0) is 56.3 Å². The minimum Gasteiger partial charge on any atom is -0.481 e. The fraction of sp³-hybridized carbons (Fsp3) is 0.667. The van der Waals surface area contributed by atoms with Crippen LogP contribution in [0.25, 0.3) is 0 Å². The van der Waals surface area contributed by atoms with Crippen LogP contribution in [0.5, 0.6) is 0 Å². The van der Waals surface area contributed by atoms with Crippen LogP contribution in [0.15, 0.2) is 47.6 Å². The minimum atomic E-state index is -1.01. The maximum Gasteiger partial charge on any atom is 0.328 e. The van der Waals surface area contributed by atoms with Gasteiger partial charge in [0, 0.05) is 23.2 Å². The Morgan fingerprint density at radius 1 is 0.902 bits per heavy atom. The van der Waals surface area contributed by atoms with E-state index in [1.165, 1.54) is 0 Å². The van der Waals surface area contributed by atoms with Gasteiger partial charge in [0.2, 0.25) is 0 Å². The Labute approximate surface area is 252 Å². The second-order valence-corrected chi connectivity index (χ2v) is 12.6. The van der Waals surface area contributed by atoms with Gasteiger partial charge in [0.25, 0.3) is 0 Å². The summed E-state index contributed by atoms with van der Waals surface area (Å²) in [6.07, 6.45) is 12.2. The second-order valence-electron chi connectivity index (χ2n) is 11.9. The van der Waals surface area contributed by atoms with Crippen molar-refractivity contribution in [3.8, 4) is 0 Å². The van der Waals surface area contributed by atoms with Gasteiger partial charge in [-0.1, -0.05) is 90.0 Å². The molecule has 234 valence electrons. The predicted molar refractivity (Wildman–Crippen MR) is 169 cm³/mol. The number of aliphatic hydroxyl groups is 2. The second kappa shape index (κ2) is 19.9. The van der Waals surface area contributed by atoms with Crippen molar-refractivity contribution in [2.45, 2.75) is 105 Å². The third-order valence-corrected chi connectivity index (χ3v) is 8.34. The number of thiol groups is 1. The van der Waals surface area contributed by atoms with Crippen molar-refractivity contribution in [3.63, 3.8) is 0 Å². The average Bonchev–Trinajstić information content (AvgIpc) is 2.87. The van der Waals surface area contributed by atoms with Crippen molar-refractivity contribution in [2.24, 2.45) is 35.5 Å². The molecule has 0 spiro atoms. The van der Waals surface area contributed by atoms with Gasteiger partial charge in [0.1, 0.15) is 5.78 Å². The molecule has 0 amide bonds. The topological polar surface area (TPSA) is 132 Å². The molecule has 0 saturated carbocycles. The number of carboxylic acids is 2. The zero-order chi connectivity index (χ0) is 31.9. The molecule has 0 aromatic carbocycles. The van der Waals surface area contributed by atoms with Gasteiger partial charge < -0.3 is 20.4 Å². The Bertz CT molecular complexity index is 951.